The minimum atomic E-state index is -0.654. The fourth-order valence-electron chi connectivity index (χ4n) is 2.41. The number of ether oxygens (including phenoxy) is 2. The highest BCUT2D eigenvalue weighted by Gasteiger charge is 2.14. The predicted molar refractivity (Wildman–Crippen MR) is 103 cm³/mol. The Bertz CT molecular complexity index is 692. The highest BCUT2D eigenvalue weighted by molar-refractivity contribution is 5.75. The molecule has 27 heavy (non-hydrogen) atoms. The maximum absolute atomic E-state index is 11.9. The van der Waals surface area contributed by atoms with Crippen LogP contribution in [0.1, 0.15) is 30.4 Å². The van der Waals surface area contributed by atoms with Gasteiger partial charge < -0.3 is 20.5 Å². The average Bonchev–Trinajstić information content (AvgIpc) is 2.71. The van der Waals surface area contributed by atoms with Gasteiger partial charge in [-0.3, -0.25) is 4.79 Å². The van der Waals surface area contributed by atoms with Crippen molar-refractivity contribution in [3.8, 4) is 0 Å². The SMILES string of the molecule is N[C@@H](CCCCNC(=O)OCc1ccccc1)C(=O)OCc1ccccc1. The number of esters is 1. The van der Waals surface area contributed by atoms with Crippen molar-refractivity contribution in [1.82, 2.24) is 5.32 Å². The molecular weight excluding hydrogens is 344 g/mol. The van der Waals surface area contributed by atoms with Crippen molar-refractivity contribution in [2.75, 3.05) is 6.54 Å². The van der Waals surface area contributed by atoms with Gasteiger partial charge in [0.1, 0.15) is 19.3 Å². The summed E-state index contributed by atoms with van der Waals surface area (Å²) in [6.07, 6.45) is 1.47. The smallest absolute Gasteiger partial charge is 0.407 e. The van der Waals surface area contributed by atoms with Crippen LogP contribution in [0.25, 0.3) is 0 Å². The van der Waals surface area contributed by atoms with Gasteiger partial charge in [-0.15, -0.1) is 0 Å². The van der Waals surface area contributed by atoms with Crippen LogP contribution < -0.4 is 11.1 Å². The van der Waals surface area contributed by atoms with Gasteiger partial charge in [-0.25, -0.2) is 4.79 Å². The summed E-state index contributed by atoms with van der Waals surface area (Å²) in [5.74, 6) is -0.408. The van der Waals surface area contributed by atoms with Gasteiger partial charge in [0.2, 0.25) is 0 Å². The Balaban J connectivity index is 1.51. The van der Waals surface area contributed by atoms with Gasteiger partial charge in [-0.1, -0.05) is 60.7 Å². The molecule has 2 aromatic carbocycles. The summed E-state index contributed by atoms with van der Waals surface area (Å²) in [6.45, 7) is 0.937. The molecule has 0 saturated heterocycles. The Hall–Kier alpha value is -2.86. The highest BCUT2D eigenvalue weighted by atomic mass is 16.5. The molecule has 0 spiro atoms. The van der Waals surface area contributed by atoms with Gasteiger partial charge >= 0.3 is 12.1 Å². The van der Waals surface area contributed by atoms with Crippen LogP contribution in [0.5, 0.6) is 0 Å². The number of benzene rings is 2. The van der Waals surface area contributed by atoms with Gasteiger partial charge in [-0.05, 0) is 30.4 Å². The summed E-state index contributed by atoms with van der Waals surface area (Å²) >= 11 is 0. The molecule has 0 radical (unpaired) electrons. The van der Waals surface area contributed by atoms with Crippen LogP contribution in [-0.4, -0.2) is 24.6 Å². The van der Waals surface area contributed by atoms with Crippen molar-refractivity contribution in [3.63, 3.8) is 0 Å². The number of hydrogen-bond donors (Lipinski definition) is 2. The topological polar surface area (TPSA) is 90.6 Å². The summed E-state index contributed by atoms with van der Waals surface area (Å²) in [5.41, 5.74) is 7.71. The zero-order chi connectivity index (χ0) is 19.3. The van der Waals surface area contributed by atoms with Crippen molar-refractivity contribution < 1.29 is 19.1 Å². The van der Waals surface area contributed by atoms with Crippen LogP contribution in [0.15, 0.2) is 60.7 Å². The first-order valence-electron chi connectivity index (χ1n) is 9.06. The molecule has 2 aromatic rings. The number of nitrogens with two attached hydrogens (primary N) is 1. The Labute approximate surface area is 159 Å². The summed E-state index contributed by atoms with van der Waals surface area (Å²) in [4.78, 5) is 23.5. The van der Waals surface area contributed by atoms with E-state index in [4.69, 9.17) is 15.2 Å². The van der Waals surface area contributed by atoms with Crippen molar-refractivity contribution in [3.05, 3.63) is 71.8 Å². The lowest BCUT2D eigenvalue weighted by Crippen LogP contribution is -2.32. The number of carbonyl (C=O) groups excluding carboxylic acids is 2. The number of carbonyl (C=O) groups is 2. The molecule has 2 rings (SSSR count). The first kappa shape index (κ1) is 20.5. The molecule has 0 aromatic heterocycles. The molecule has 0 fully saturated rings. The quantitative estimate of drug-likeness (QED) is 0.495. The molecule has 0 bridgehead atoms. The number of rotatable bonds is 10. The molecule has 1 amide bonds. The van der Waals surface area contributed by atoms with Gasteiger partial charge in [-0.2, -0.15) is 0 Å². The summed E-state index contributed by atoms with van der Waals surface area (Å²) in [7, 11) is 0. The summed E-state index contributed by atoms with van der Waals surface area (Å²) in [5, 5.41) is 2.68. The second-order valence-corrected chi connectivity index (χ2v) is 6.18. The Kier molecular flexibility index (Phi) is 8.86. The maximum atomic E-state index is 11.9. The van der Waals surface area contributed by atoms with Crippen LogP contribution in [0.3, 0.4) is 0 Å². The summed E-state index contributed by atoms with van der Waals surface area (Å²) < 4.78 is 10.3. The molecule has 0 saturated carbocycles. The molecule has 0 aliphatic rings. The maximum Gasteiger partial charge on any atom is 0.407 e. The highest BCUT2D eigenvalue weighted by Crippen LogP contribution is 2.05. The molecule has 0 unspecified atom stereocenters. The number of nitrogens with one attached hydrogen (secondary N) is 1. The van der Waals surface area contributed by atoms with Crippen LogP contribution in [0.2, 0.25) is 0 Å². The van der Waals surface area contributed by atoms with Gasteiger partial charge in [0.05, 0.1) is 0 Å². The third-order valence-corrected chi connectivity index (χ3v) is 3.95. The van der Waals surface area contributed by atoms with E-state index in [2.05, 4.69) is 5.32 Å². The average molecular weight is 370 g/mol. The second kappa shape index (κ2) is 11.7. The lowest BCUT2D eigenvalue weighted by Gasteiger charge is -2.12. The number of hydrogen-bond acceptors (Lipinski definition) is 5. The molecule has 6 nitrogen and oxygen atoms in total. The van der Waals surface area contributed by atoms with Gasteiger partial charge in [0.15, 0.2) is 0 Å². The van der Waals surface area contributed by atoms with Crippen LogP contribution in [-0.2, 0) is 27.5 Å². The molecule has 3 N–H and O–H groups in total. The summed E-state index contributed by atoms with van der Waals surface area (Å²) in [6, 6.07) is 18.3. The van der Waals surface area contributed by atoms with Crippen LogP contribution in [0.4, 0.5) is 4.79 Å². The lowest BCUT2D eigenvalue weighted by atomic mass is 10.1. The zero-order valence-corrected chi connectivity index (χ0v) is 15.3. The third-order valence-electron chi connectivity index (χ3n) is 3.95. The normalized spacial score (nSPS) is 11.4. The first-order chi connectivity index (χ1) is 13.1. The molecule has 0 aliphatic heterocycles. The minimum absolute atomic E-state index is 0.224. The van der Waals surface area contributed by atoms with E-state index >= 15 is 0 Å². The lowest BCUT2D eigenvalue weighted by molar-refractivity contribution is -0.146. The Morgan fingerprint density at radius 2 is 1.41 bits per heavy atom. The molecule has 6 heteroatoms. The fourth-order valence-corrected chi connectivity index (χ4v) is 2.41. The van der Waals surface area contributed by atoms with Crippen molar-refractivity contribution >= 4 is 12.1 Å². The first-order valence-corrected chi connectivity index (χ1v) is 9.06. The van der Waals surface area contributed by atoms with Crippen molar-refractivity contribution in [1.29, 1.82) is 0 Å². The van der Waals surface area contributed by atoms with E-state index in [9.17, 15) is 9.59 Å². The van der Waals surface area contributed by atoms with Crippen molar-refractivity contribution in [2.24, 2.45) is 5.73 Å². The van der Waals surface area contributed by atoms with E-state index in [0.717, 1.165) is 11.1 Å². The van der Waals surface area contributed by atoms with E-state index in [1.54, 1.807) is 0 Å². The zero-order valence-electron chi connectivity index (χ0n) is 15.3. The van der Waals surface area contributed by atoms with Crippen LogP contribution in [0, 0.1) is 0 Å². The van der Waals surface area contributed by atoms with E-state index in [1.165, 1.54) is 0 Å². The van der Waals surface area contributed by atoms with Gasteiger partial charge in [0.25, 0.3) is 0 Å². The van der Waals surface area contributed by atoms with Crippen molar-refractivity contribution in [2.45, 2.75) is 38.5 Å². The third kappa shape index (κ3) is 8.37. The van der Waals surface area contributed by atoms with E-state index in [-0.39, 0.29) is 13.2 Å². The molecular formula is C21H26N2O4. The minimum Gasteiger partial charge on any atom is -0.460 e. The molecule has 0 aliphatic carbocycles. The standard InChI is InChI=1S/C21H26N2O4/c22-19(20(24)26-15-17-9-3-1-4-10-17)13-7-8-14-23-21(25)27-16-18-11-5-2-6-12-18/h1-6,9-12,19H,7-8,13-16,22H2,(H,23,25)/t19-/m0/s1. The van der Waals surface area contributed by atoms with E-state index in [0.29, 0.717) is 25.8 Å². The monoisotopic (exact) mass is 370 g/mol. The molecule has 0 heterocycles. The molecule has 1 atom stereocenters. The fraction of sp³-hybridized carbons (Fsp3) is 0.333. The molecule has 144 valence electrons. The predicted octanol–water partition coefficient (Wildman–Crippen LogP) is 3.15. The Morgan fingerprint density at radius 3 is 2.00 bits per heavy atom. The number of amides is 1. The Morgan fingerprint density at radius 1 is 0.852 bits per heavy atom. The van der Waals surface area contributed by atoms with E-state index in [1.807, 2.05) is 60.7 Å². The number of alkyl carbamates (subject to hydrolysis) is 1. The van der Waals surface area contributed by atoms with Gasteiger partial charge in [0, 0.05) is 6.54 Å². The largest absolute Gasteiger partial charge is 0.460 e. The van der Waals surface area contributed by atoms with E-state index < -0.39 is 18.1 Å². The number of unbranched alkanes of at least 4 members (excludes halogenated alkanes) is 1. The second-order valence-electron chi connectivity index (χ2n) is 6.18. The van der Waals surface area contributed by atoms with Crippen LogP contribution >= 0.6 is 0 Å².